The van der Waals surface area contributed by atoms with E-state index in [4.69, 9.17) is 4.52 Å². The van der Waals surface area contributed by atoms with E-state index in [9.17, 15) is 0 Å². The normalized spacial score (nSPS) is 17.1. The molecule has 0 amide bonds. The Morgan fingerprint density at radius 2 is 2.12 bits per heavy atom. The summed E-state index contributed by atoms with van der Waals surface area (Å²) in [7, 11) is 0. The van der Waals surface area contributed by atoms with E-state index in [0.29, 0.717) is 11.8 Å². The third-order valence-corrected chi connectivity index (χ3v) is 4.49. The molecular formula is C17H16N8O. The smallest absolute Gasteiger partial charge is 0.324 e. The maximum Gasteiger partial charge on any atom is 0.324 e. The van der Waals surface area contributed by atoms with Crippen LogP contribution in [-0.4, -0.2) is 49.4 Å². The van der Waals surface area contributed by atoms with Crippen LogP contribution >= 0.6 is 0 Å². The average molecular weight is 348 g/mol. The second-order valence-corrected chi connectivity index (χ2v) is 6.20. The second-order valence-electron chi connectivity index (χ2n) is 6.20. The predicted molar refractivity (Wildman–Crippen MR) is 95.7 cm³/mol. The summed E-state index contributed by atoms with van der Waals surface area (Å²) in [6, 6.07) is 10.6. The molecule has 1 fully saturated rings. The number of hydrogen-bond donors (Lipinski definition) is 2. The van der Waals surface area contributed by atoms with Gasteiger partial charge in [-0.15, -0.1) is 0 Å². The number of fused-ring (bicyclic) bond motifs is 1. The molecule has 3 aromatic heterocycles. The highest BCUT2D eigenvalue weighted by Crippen LogP contribution is 2.25. The van der Waals surface area contributed by atoms with Crippen molar-refractivity contribution < 1.29 is 4.52 Å². The number of benzene rings is 1. The molecule has 130 valence electrons. The second kappa shape index (κ2) is 6.10. The first-order chi connectivity index (χ1) is 12.9. The van der Waals surface area contributed by atoms with Gasteiger partial charge in [-0.2, -0.15) is 10.1 Å². The van der Waals surface area contributed by atoms with Gasteiger partial charge in [-0.05, 0) is 6.42 Å². The SMILES string of the molecule is c1ccc(-c2noc(N3CCC(Nc4ncnc5[nH]ncc45)C3)n2)cc1. The quantitative estimate of drug-likeness (QED) is 0.577. The molecule has 1 atom stereocenters. The Balaban J connectivity index is 1.30. The van der Waals surface area contributed by atoms with Crippen molar-refractivity contribution in [3.63, 3.8) is 0 Å². The van der Waals surface area contributed by atoms with E-state index in [2.05, 4.69) is 40.5 Å². The van der Waals surface area contributed by atoms with Gasteiger partial charge in [-0.1, -0.05) is 35.5 Å². The zero-order valence-electron chi connectivity index (χ0n) is 13.8. The summed E-state index contributed by atoms with van der Waals surface area (Å²) in [5, 5.41) is 15.3. The van der Waals surface area contributed by atoms with Crippen molar-refractivity contribution in [3.05, 3.63) is 42.9 Å². The topological polar surface area (TPSA) is 109 Å². The van der Waals surface area contributed by atoms with Gasteiger partial charge in [-0.25, -0.2) is 9.97 Å². The molecule has 4 heterocycles. The summed E-state index contributed by atoms with van der Waals surface area (Å²) in [4.78, 5) is 15.1. The molecule has 0 saturated carbocycles. The summed E-state index contributed by atoms with van der Waals surface area (Å²) in [5.74, 6) is 1.39. The Morgan fingerprint density at radius 3 is 3.04 bits per heavy atom. The van der Waals surface area contributed by atoms with Gasteiger partial charge in [0.05, 0.1) is 11.6 Å². The minimum atomic E-state index is 0.232. The van der Waals surface area contributed by atoms with E-state index in [1.807, 2.05) is 30.3 Å². The molecule has 0 spiro atoms. The number of aromatic nitrogens is 6. The Bertz CT molecular complexity index is 1030. The monoisotopic (exact) mass is 348 g/mol. The maximum absolute atomic E-state index is 5.46. The first kappa shape index (κ1) is 14.8. The van der Waals surface area contributed by atoms with E-state index in [1.54, 1.807) is 6.20 Å². The lowest BCUT2D eigenvalue weighted by molar-refractivity contribution is 0.419. The van der Waals surface area contributed by atoms with Gasteiger partial charge >= 0.3 is 6.01 Å². The van der Waals surface area contributed by atoms with Crippen molar-refractivity contribution in [2.24, 2.45) is 0 Å². The minimum Gasteiger partial charge on any atom is -0.365 e. The van der Waals surface area contributed by atoms with E-state index in [0.717, 1.165) is 41.9 Å². The number of aromatic amines is 1. The fourth-order valence-corrected chi connectivity index (χ4v) is 3.17. The molecule has 9 nitrogen and oxygen atoms in total. The number of rotatable bonds is 4. The lowest BCUT2D eigenvalue weighted by atomic mass is 10.2. The largest absolute Gasteiger partial charge is 0.365 e. The number of nitrogens with zero attached hydrogens (tertiary/aromatic N) is 6. The molecule has 1 unspecified atom stereocenters. The van der Waals surface area contributed by atoms with Gasteiger partial charge in [0.15, 0.2) is 5.65 Å². The maximum atomic E-state index is 5.46. The summed E-state index contributed by atoms with van der Waals surface area (Å²) < 4.78 is 5.46. The van der Waals surface area contributed by atoms with E-state index >= 15 is 0 Å². The molecular weight excluding hydrogens is 332 g/mol. The molecule has 26 heavy (non-hydrogen) atoms. The van der Waals surface area contributed by atoms with Gasteiger partial charge in [0.1, 0.15) is 12.1 Å². The van der Waals surface area contributed by atoms with Crippen LogP contribution in [0, 0.1) is 0 Å². The Kier molecular flexibility index (Phi) is 3.48. The number of nitrogens with one attached hydrogen (secondary N) is 2. The fraction of sp³-hybridized carbons (Fsp3) is 0.235. The minimum absolute atomic E-state index is 0.232. The molecule has 0 aliphatic carbocycles. The van der Waals surface area contributed by atoms with Gasteiger partial charge in [0.25, 0.3) is 0 Å². The molecule has 2 N–H and O–H groups in total. The molecule has 9 heteroatoms. The zero-order chi connectivity index (χ0) is 17.3. The summed E-state index contributed by atoms with van der Waals surface area (Å²) in [5.41, 5.74) is 1.67. The molecule has 1 aliphatic rings. The van der Waals surface area contributed by atoms with Crippen molar-refractivity contribution in [3.8, 4) is 11.4 Å². The van der Waals surface area contributed by atoms with Crippen molar-refractivity contribution in [1.82, 2.24) is 30.3 Å². The first-order valence-corrected chi connectivity index (χ1v) is 8.41. The van der Waals surface area contributed by atoms with Crippen molar-refractivity contribution in [1.29, 1.82) is 0 Å². The zero-order valence-corrected chi connectivity index (χ0v) is 13.8. The van der Waals surface area contributed by atoms with Crippen molar-refractivity contribution in [2.75, 3.05) is 23.3 Å². The highest BCUT2D eigenvalue weighted by atomic mass is 16.5. The van der Waals surface area contributed by atoms with Crippen LogP contribution in [0.25, 0.3) is 22.4 Å². The lowest BCUT2D eigenvalue weighted by Gasteiger charge is -2.15. The van der Waals surface area contributed by atoms with Crippen LogP contribution < -0.4 is 10.2 Å². The first-order valence-electron chi connectivity index (χ1n) is 8.41. The van der Waals surface area contributed by atoms with E-state index in [1.165, 1.54) is 6.33 Å². The van der Waals surface area contributed by atoms with E-state index < -0.39 is 0 Å². The summed E-state index contributed by atoms with van der Waals surface area (Å²) >= 11 is 0. The van der Waals surface area contributed by atoms with E-state index in [-0.39, 0.29) is 6.04 Å². The number of anilines is 2. The molecule has 0 radical (unpaired) electrons. The van der Waals surface area contributed by atoms with Gasteiger partial charge < -0.3 is 14.7 Å². The van der Waals surface area contributed by atoms with Gasteiger partial charge in [0.2, 0.25) is 5.82 Å². The third kappa shape index (κ3) is 2.63. The fourth-order valence-electron chi connectivity index (χ4n) is 3.17. The van der Waals surface area contributed by atoms with Crippen molar-refractivity contribution in [2.45, 2.75) is 12.5 Å². The standard InChI is InChI=1S/C17H16N8O/c1-2-4-11(5-3-1)14-22-17(26-24-14)25-7-6-12(9-25)21-15-13-8-20-23-16(13)19-10-18-15/h1-5,8,10,12H,6-7,9H2,(H2,18,19,20,21,23). The molecule has 4 aromatic rings. The Morgan fingerprint density at radius 1 is 1.19 bits per heavy atom. The number of hydrogen-bond acceptors (Lipinski definition) is 8. The third-order valence-electron chi connectivity index (χ3n) is 4.49. The Labute approximate surface area is 148 Å². The molecule has 1 saturated heterocycles. The van der Waals surface area contributed by atoms with Gasteiger partial charge in [-0.3, -0.25) is 5.10 Å². The highest BCUT2D eigenvalue weighted by Gasteiger charge is 2.27. The molecule has 0 bridgehead atoms. The van der Waals surface area contributed by atoms with Crippen LogP contribution in [0.5, 0.6) is 0 Å². The number of H-pyrrole nitrogens is 1. The highest BCUT2D eigenvalue weighted by molar-refractivity contribution is 5.85. The lowest BCUT2D eigenvalue weighted by Crippen LogP contribution is -2.26. The molecule has 1 aromatic carbocycles. The molecule has 5 rings (SSSR count). The Hall–Kier alpha value is -3.49. The van der Waals surface area contributed by atoms with Crippen LogP contribution in [-0.2, 0) is 0 Å². The summed E-state index contributed by atoms with van der Waals surface area (Å²) in [6.07, 6.45) is 4.21. The van der Waals surface area contributed by atoms with Crippen LogP contribution in [0.2, 0.25) is 0 Å². The van der Waals surface area contributed by atoms with Crippen LogP contribution in [0.15, 0.2) is 47.4 Å². The molecule has 1 aliphatic heterocycles. The van der Waals surface area contributed by atoms with Crippen molar-refractivity contribution >= 4 is 22.9 Å². The van der Waals surface area contributed by atoms with Crippen LogP contribution in [0.4, 0.5) is 11.8 Å². The predicted octanol–water partition coefficient (Wildman–Crippen LogP) is 2.09. The summed E-state index contributed by atoms with van der Waals surface area (Å²) in [6.45, 7) is 1.60. The van der Waals surface area contributed by atoms with Gasteiger partial charge in [0, 0.05) is 24.7 Å². The average Bonchev–Trinajstić information content (AvgIpc) is 3.43. The van der Waals surface area contributed by atoms with Crippen LogP contribution in [0.3, 0.4) is 0 Å². The van der Waals surface area contributed by atoms with Crippen LogP contribution in [0.1, 0.15) is 6.42 Å².